The first kappa shape index (κ1) is 10.7. The van der Waals surface area contributed by atoms with Gasteiger partial charge in [-0.1, -0.05) is 24.8 Å². The molecule has 1 aliphatic heterocycles. The fraction of sp³-hybridized carbons (Fsp3) is 0.250. The molecule has 4 heteroatoms. The molecule has 1 aromatic carbocycles. The molecule has 0 saturated carbocycles. The van der Waals surface area contributed by atoms with E-state index in [9.17, 15) is 4.79 Å². The Kier molecular flexibility index (Phi) is 3.22. The molecule has 1 heterocycles. The molecule has 0 N–H and O–H groups in total. The first-order valence-corrected chi connectivity index (χ1v) is 5.02. The lowest BCUT2D eigenvalue weighted by Crippen LogP contribution is -2.34. The van der Waals surface area contributed by atoms with Crippen LogP contribution in [0.2, 0.25) is 0 Å². The maximum Gasteiger partial charge on any atom is 0.331 e. The number of carbonyl (C=O) groups excluding carboxylic acids is 1. The largest absolute Gasteiger partial charge is 0.478 e. The molecular weight excluding hydrogens is 206 g/mol. The molecule has 0 aliphatic carbocycles. The van der Waals surface area contributed by atoms with E-state index < -0.39 is 5.97 Å². The maximum atomic E-state index is 10.9. The van der Waals surface area contributed by atoms with Crippen molar-refractivity contribution in [2.45, 2.75) is 6.54 Å². The molecule has 0 saturated heterocycles. The van der Waals surface area contributed by atoms with Crippen molar-refractivity contribution in [1.82, 2.24) is 4.90 Å². The Bertz CT molecular complexity index is 403. The Labute approximate surface area is 94.1 Å². The third-order valence-electron chi connectivity index (χ3n) is 2.33. The number of rotatable bonds is 3. The van der Waals surface area contributed by atoms with Crippen molar-refractivity contribution in [3.05, 3.63) is 42.5 Å². The molecule has 1 aliphatic rings. The summed E-state index contributed by atoms with van der Waals surface area (Å²) in [7, 11) is 0. The summed E-state index contributed by atoms with van der Waals surface area (Å²) in [5, 5.41) is 0. The van der Waals surface area contributed by atoms with Crippen molar-refractivity contribution >= 4 is 5.97 Å². The van der Waals surface area contributed by atoms with E-state index in [0.717, 1.165) is 23.9 Å². The minimum absolute atomic E-state index is 0.221. The van der Waals surface area contributed by atoms with Crippen molar-refractivity contribution in [3.63, 3.8) is 0 Å². The molecule has 16 heavy (non-hydrogen) atoms. The quantitative estimate of drug-likeness (QED) is 0.570. The van der Waals surface area contributed by atoms with Gasteiger partial charge in [-0.2, -0.15) is 0 Å². The van der Waals surface area contributed by atoms with Crippen LogP contribution in [0.5, 0.6) is 5.75 Å². The fourth-order valence-electron chi connectivity index (χ4n) is 1.52. The second kappa shape index (κ2) is 4.81. The number of para-hydroxylation sites is 1. The second-order valence-corrected chi connectivity index (χ2v) is 3.51. The van der Waals surface area contributed by atoms with Gasteiger partial charge < -0.3 is 9.47 Å². The summed E-state index contributed by atoms with van der Waals surface area (Å²) < 4.78 is 10.4. The van der Waals surface area contributed by atoms with Crippen LogP contribution in [0.25, 0.3) is 0 Å². The highest BCUT2D eigenvalue weighted by molar-refractivity contribution is 5.81. The lowest BCUT2D eigenvalue weighted by molar-refractivity contribution is -0.144. The van der Waals surface area contributed by atoms with Crippen LogP contribution in [0.1, 0.15) is 5.56 Å². The van der Waals surface area contributed by atoms with E-state index in [1.807, 2.05) is 29.2 Å². The van der Waals surface area contributed by atoms with Gasteiger partial charge in [0.25, 0.3) is 0 Å². The van der Waals surface area contributed by atoms with Gasteiger partial charge in [0.15, 0.2) is 0 Å². The number of fused-ring (bicyclic) bond motifs is 1. The topological polar surface area (TPSA) is 38.8 Å². The molecule has 4 nitrogen and oxygen atoms in total. The van der Waals surface area contributed by atoms with Gasteiger partial charge in [0.2, 0.25) is 0 Å². The Morgan fingerprint density at radius 2 is 2.38 bits per heavy atom. The monoisotopic (exact) mass is 219 g/mol. The Balaban J connectivity index is 1.93. The molecule has 0 spiro atoms. The zero-order valence-corrected chi connectivity index (χ0v) is 8.89. The molecule has 0 unspecified atom stereocenters. The van der Waals surface area contributed by atoms with Gasteiger partial charge in [-0.15, -0.1) is 0 Å². The van der Waals surface area contributed by atoms with Crippen molar-refractivity contribution < 1.29 is 14.3 Å². The minimum atomic E-state index is -0.418. The van der Waals surface area contributed by atoms with E-state index in [4.69, 9.17) is 9.47 Å². The summed E-state index contributed by atoms with van der Waals surface area (Å²) in [5.74, 6) is 0.479. The Morgan fingerprint density at radius 1 is 1.56 bits per heavy atom. The number of hydrogen-bond acceptors (Lipinski definition) is 4. The molecule has 0 amide bonds. The summed E-state index contributed by atoms with van der Waals surface area (Å²) in [6.45, 7) is 4.71. The molecular formula is C12H13NO3. The van der Waals surface area contributed by atoms with Gasteiger partial charge in [0.1, 0.15) is 19.2 Å². The lowest BCUT2D eigenvalue weighted by Gasteiger charge is -2.27. The predicted octanol–water partition coefficient (Wildman–Crippen LogP) is 1.53. The Morgan fingerprint density at radius 3 is 3.19 bits per heavy atom. The molecule has 2 rings (SSSR count). The number of benzene rings is 1. The summed E-state index contributed by atoms with van der Waals surface area (Å²) in [4.78, 5) is 12.8. The van der Waals surface area contributed by atoms with Gasteiger partial charge in [-0.25, -0.2) is 9.69 Å². The molecule has 0 aromatic heterocycles. The molecule has 0 atom stereocenters. The highest BCUT2D eigenvalue weighted by Crippen LogP contribution is 2.23. The van der Waals surface area contributed by atoms with Crippen molar-refractivity contribution in [2.24, 2.45) is 0 Å². The summed E-state index contributed by atoms with van der Waals surface area (Å²) >= 11 is 0. The number of esters is 1. The summed E-state index contributed by atoms with van der Waals surface area (Å²) in [6, 6.07) is 7.83. The summed E-state index contributed by atoms with van der Waals surface area (Å²) in [5.41, 5.74) is 1.10. The van der Waals surface area contributed by atoms with E-state index in [-0.39, 0.29) is 6.73 Å². The first-order valence-electron chi connectivity index (χ1n) is 5.02. The molecule has 1 aromatic rings. The molecule has 84 valence electrons. The fourth-order valence-corrected chi connectivity index (χ4v) is 1.52. The van der Waals surface area contributed by atoms with Gasteiger partial charge in [0.05, 0.1) is 0 Å². The van der Waals surface area contributed by atoms with Crippen LogP contribution in [0, 0.1) is 0 Å². The highest BCUT2D eigenvalue weighted by atomic mass is 16.6. The highest BCUT2D eigenvalue weighted by Gasteiger charge is 2.17. The lowest BCUT2D eigenvalue weighted by atomic mass is 10.2. The van der Waals surface area contributed by atoms with Gasteiger partial charge >= 0.3 is 5.97 Å². The third kappa shape index (κ3) is 2.41. The standard InChI is InChI=1S/C12H13NO3/c1-2-12(14)16-9-13-7-10-5-3-4-6-11(10)15-8-13/h2-6H,1,7-9H2. The van der Waals surface area contributed by atoms with Gasteiger partial charge in [0, 0.05) is 18.2 Å². The summed E-state index contributed by atoms with van der Waals surface area (Å²) in [6.07, 6.45) is 1.15. The van der Waals surface area contributed by atoms with E-state index in [0.29, 0.717) is 6.73 Å². The van der Waals surface area contributed by atoms with Crippen LogP contribution in [0.4, 0.5) is 0 Å². The zero-order valence-electron chi connectivity index (χ0n) is 8.89. The normalized spacial score (nSPS) is 14.8. The number of ether oxygens (including phenoxy) is 2. The predicted molar refractivity (Wildman–Crippen MR) is 58.6 cm³/mol. The van der Waals surface area contributed by atoms with Crippen molar-refractivity contribution in [1.29, 1.82) is 0 Å². The maximum absolute atomic E-state index is 10.9. The van der Waals surface area contributed by atoms with Gasteiger partial charge in [-0.3, -0.25) is 0 Å². The third-order valence-corrected chi connectivity index (χ3v) is 2.33. The zero-order chi connectivity index (χ0) is 11.4. The van der Waals surface area contributed by atoms with Crippen LogP contribution in [-0.4, -0.2) is 24.3 Å². The van der Waals surface area contributed by atoms with Crippen LogP contribution in [0.15, 0.2) is 36.9 Å². The van der Waals surface area contributed by atoms with E-state index >= 15 is 0 Å². The first-order chi connectivity index (χ1) is 7.79. The van der Waals surface area contributed by atoms with Crippen LogP contribution >= 0.6 is 0 Å². The van der Waals surface area contributed by atoms with Crippen LogP contribution in [0.3, 0.4) is 0 Å². The van der Waals surface area contributed by atoms with Crippen molar-refractivity contribution in [2.75, 3.05) is 13.5 Å². The SMILES string of the molecule is C=CC(=O)OCN1COc2ccccc2C1. The number of nitrogens with zero attached hydrogens (tertiary/aromatic N) is 1. The van der Waals surface area contributed by atoms with E-state index in [1.165, 1.54) is 0 Å². The Hall–Kier alpha value is -1.81. The average molecular weight is 219 g/mol. The van der Waals surface area contributed by atoms with Gasteiger partial charge in [-0.05, 0) is 6.07 Å². The minimum Gasteiger partial charge on any atom is -0.478 e. The van der Waals surface area contributed by atoms with E-state index in [1.54, 1.807) is 0 Å². The smallest absolute Gasteiger partial charge is 0.331 e. The average Bonchev–Trinajstić information content (AvgIpc) is 2.35. The molecule has 0 fully saturated rings. The second-order valence-electron chi connectivity index (χ2n) is 3.51. The van der Waals surface area contributed by atoms with Crippen LogP contribution in [-0.2, 0) is 16.1 Å². The number of hydrogen-bond donors (Lipinski definition) is 0. The molecule has 0 bridgehead atoms. The number of carbonyl (C=O) groups is 1. The van der Waals surface area contributed by atoms with Crippen molar-refractivity contribution in [3.8, 4) is 5.75 Å². The van der Waals surface area contributed by atoms with E-state index in [2.05, 4.69) is 6.58 Å². The molecule has 0 radical (unpaired) electrons. The van der Waals surface area contributed by atoms with Crippen LogP contribution < -0.4 is 4.74 Å².